The number of nitrogens with one attached hydrogen (secondary N) is 1. The minimum absolute atomic E-state index is 0.167. The first-order chi connectivity index (χ1) is 19.0. The molecule has 214 valence electrons. The fourth-order valence-electron chi connectivity index (χ4n) is 4.63. The van der Waals surface area contributed by atoms with Gasteiger partial charge in [-0.1, -0.05) is 99.1 Å². The van der Waals surface area contributed by atoms with Gasteiger partial charge < -0.3 is 10.2 Å². The molecule has 0 spiro atoms. The summed E-state index contributed by atoms with van der Waals surface area (Å²) in [6.45, 7) is 8.16. The Bertz CT molecular complexity index is 1390. The van der Waals surface area contributed by atoms with Crippen molar-refractivity contribution in [3.05, 3.63) is 101 Å². The lowest BCUT2D eigenvalue weighted by atomic mass is 10.0. The molecule has 0 heterocycles. The van der Waals surface area contributed by atoms with E-state index in [1.807, 2.05) is 94.4 Å². The number of aryl methyl sites for hydroxylation is 2. The SMILES string of the molecule is CCc1ccccc1N(CC(=O)N(Cc1cccc(C)c1)[C@H](Cc1ccccc1)C(=O)NCC(C)C)S(C)(=O)=O. The third kappa shape index (κ3) is 8.68. The Balaban J connectivity index is 2.07. The number of benzene rings is 3. The molecule has 1 atom stereocenters. The number of para-hydroxylation sites is 1. The van der Waals surface area contributed by atoms with Crippen LogP contribution in [-0.2, 0) is 39.0 Å². The second kappa shape index (κ2) is 14.1. The summed E-state index contributed by atoms with van der Waals surface area (Å²) in [5.74, 6) is -0.481. The van der Waals surface area contributed by atoms with E-state index in [0.717, 1.165) is 32.8 Å². The summed E-state index contributed by atoms with van der Waals surface area (Å²) in [6.07, 6.45) is 2.01. The fraction of sp³-hybridized carbons (Fsp3) is 0.375. The first-order valence-corrected chi connectivity index (χ1v) is 15.6. The topological polar surface area (TPSA) is 86.8 Å². The molecule has 2 amide bonds. The van der Waals surface area contributed by atoms with Crippen molar-refractivity contribution in [2.24, 2.45) is 5.92 Å². The molecule has 0 unspecified atom stereocenters. The molecule has 0 aromatic heterocycles. The molecule has 3 aromatic carbocycles. The summed E-state index contributed by atoms with van der Waals surface area (Å²) in [5.41, 5.74) is 4.10. The molecule has 0 saturated heterocycles. The zero-order valence-corrected chi connectivity index (χ0v) is 24.9. The number of amides is 2. The van der Waals surface area contributed by atoms with Gasteiger partial charge in [-0.15, -0.1) is 0 Å². The van der Waals surface area contributed by atoms with E-state index in [4.69, 9.17) is 0 Å². The van der Waals surface area contributed by atoms with Gasteiger partial charge in [-0.2, -0.15) is 0 Å². The lowest BCUT2D eigenvalue weighted by Gasteiger charge is -2.34. The molecule has 0 aliphatic rings. The van der Waals surface area contributed by atoms with Gasteiger partial charge in [0.25, 0.3) is 0 Å². The molecular weight excluding hydrogens is 522 g/mol. The van der Waals surface area contributed by atoms with Crippen molar-refractivity contribution < 1.29 is 18.0 Å². The monoisotopic (exact) mass is 563 g/mol. The third-order valence-electron chi connectivity index (χ3n) is 6.71. The van der Waals surface area contributed by atoms with Gasteiger partial charge in [0.1, 0.15) is 12.6 Å². The standard InChI is InChI=1S/C32H41N3O4S/c1-6-28-17-10-11-18-29(28)35(40(5,38)39)23-31(36)34(22-27-16-12-13-25(4)19-27)30(32(37)33-21-24(2)3)20-26-14-8-7-9-15-26/h7-19,24,30H,6,20-23H2,1-5H3,(H,33,37)/t30-/m1/s1. The fourth-order valence-corrected chi connectivity index (χ4v) is 5.51. The van der Waals surface area contributed by atoms with Crippen molar-refractivity contribution in [2.45, 2.75) is 53.1 Å². The maximum atomic E-state index is 14.2. The molecule has 8 heteroatoms. The molecule has 0 radical (unpaired) electrons. The predicted octanol–water partition coefficient (Wildman–Crippen LogP) is 4.74. The summed E-state index contributed by atoms with van der Waals surface area (Å²) >= 11 is 0. The Morgan fingerprint density at radius 2 is 1.55 bits per heavy atom. The molecule has 1 N–H and O–H groups in total. The maximum absolute atomic E-state index is 14.2. The van der Waals surface area contributed by atoms with E-state index in [9.17, 15) is 18.0 Å². The highest BCUT2D eigenvalue weighted by Crippen LogP contribution is 2.24. The molecule has 0 saturated carbocycles. The minimum atomic E-state index is -3.80. The van der Waals surface area contributed by atoms with Crippen LogP contribution in [-0.4, -0.2) is 50.5 Å². The molecule has 3 aromatic rings. The Labute approximate surface area is 239 Å². The van der Waals surface area contributed by atoms with E-state index in [0.29, 0.717) is 25.1 Å². The number of carbonyl (C=O) groups excluding carboxylic acids is 2. The van der Waals surface area contributed by atoms with Gasteiger partial charge in [0.15, 0.2) is 0 Å². The van der Waals surface area contributed by atoms with Crippen molar-refractivity contribution >= 4 is 27.5 Å². The highest BCUT2D eigenvalue weighted by Gasteiger charge is 2.33. The van der Waals surface area contributed by atoms with E-state index < -0.39 is 28.5 Å². The summed E-state index contributed by atoms with van der Waals surface area (Å²) in [4.78, 5) is 29.4. The average molecular weight is 564 g/mol. The number of sulfonamides is 1. The number of carbonyl (C=O) groups is 2. The number of anilines is 1. The largest absolute Gasteiger partial charge is 0.354 e. The van der Waals surface area contributed by atoms with Crippen LogP contribution in [0.15, 0.2) is 78.9 Å². The second-order valence-electron chi connectivity index (χ2n) is 10.6. The molecule has 3 rings (SSSR count). The van der Waals surface area contributed by atoms with E-state index in [2.05, 4.69) is 5.32 Å². The summed E-state index contributed by atoms with van der Waals surface area (Å²) < 4.78 is 27.2. The summed E-state index contributed by atoms with van der Waals surface area (Å²) in [7, 11) is -3.80. The lowest BCUT2D eigenvalue weighted by Crippen LogP contribution is -2.53. The maximum Gasteiger partial charge on any atom is 0.244 e. The molecular formula is C32H41N3O4S. The van der Waals surface area contributed by atoms with Gasteiger partial charge >= 0.3 is 0 Å². The first-order valence-electron chi connectivity index (χ1n) is 13.7. The van der Waals surface area contributed by atoms with Crippen molar-refractivity contribution in [1.29, 1.82) is 0 Å². The van der Waals surface area contributed by atoms with Gasteiger partial charge in [0.05, 0.1) is 11.9 Å². The van der Waals surface area contributed by atoms with Crippen LogP contribution < -0.4 is 9.62 Å². The van der Waals surface area contributed by atoms with E-state index in [-0.39, 0.29) is 18.4 Å². The highest BCUT2D eigenvalue weighted by molar-refractivity contribution is 7.92. The molecule has 7 nitrogen and oxygen atoms in total. The van der Waals surface area contributed by atoms with Crippen LogP contribution in [0.4, 0.5) is 5.69 Å². The Morgan fingerprint density at radius 3 is 2.17 bits per heavy atom. The Morgan fingerprint density at radius 1 is 0.900 bits per heavy atom. The van der Waals surface area contributed by atoms with Gasteiger partial charge in [0, 0.05) is 19.5 Å². The average Bonchev–Trinajstić information content (AvgIpc) is 2.92. The molecule has 0 aliphatic heterocycles. The number of hydrogen-bond acceptors (Lipinski definition) is 4. The zero-order chi connectivity index (χ0) is 29.3. The summed E-state index contributed by atoms with van der Waals surface area (Å²) in [6, 6.07) is 23.7. The smallest absolute Gasteiger partial charge is 0.244 e. The molecule has 0 fully saturated rings. The normalized spacial score (nSPS) is 12.2. The number of nitrogens with zero attached hydrogens (tertiary/aromatic N) is 2. The quantitative estimate of drug-likeness (QED) is 0.326. The van der Waals surface area contributed by atoms with Crippen LogP contribution in [0.2, 0.25) is 0 Å². The summed E-state index contributed by atoms with van der Waals surface area (Å²) in [5, 5.41) is 3.00. The van der Waals surface area contributed by atoms with Crippen LogP contribution >= 0.6 is 0 Å². The lowest BCUT2D eigenvalue weighted by molar-refractivity contribution is -0.140. The van der Waals surface area contributed by atoms with Gasteiger partial charge in [-0.3, -0.25) is 13.9 Å². The van der Waals surface area contributed by atoms with Gasteiger partial charge in [-0.25, -0.2) is 8.42 Å². The van der Waals surface area contributed by atoms with Crippen LogP contribution in [0.3, 0.4) is 0 Å². The van der Waals surface area contributed by atoms with E-state index in [1.165, 1.54) is 4.90 Å². The predicted molar refractivity (Wildman–Crippen MR) is 162 cm³/mol. The van der Waals surface area contributed by atoms with Crippen molar-refractivity contribution in [3.8, 4) is 0 Å². The second-order valence-corrected chi connectivity index (χ2v) is 12.5. The third-order valence-corrected chi connectivity index (χ3v) is 7.84. The van der Waals surface area contributed by atoms with Crippen LogP contribution in [0.25, 0.3) is 0 Å². The highest BCUT2D eigenvalue weighted by atomic mass is 32.2. The van der Waals surface area contributed by atoms with Crippen molar-refractivity contribution in [3.63, 3.8) is 0 Å². The zero-order valence-electron chi connectivity index (χ0n) is 24.1. The molecule has 0 aliphatic carbocycles. The van der Waals surface area contributed by atoms with Crippen LogP contribution in [0, 0.1) is 12.8 Å². The van der Waals surface area contributed by atoms with Crippen molar-refractivity contribution in [2.75, 3.05) is 23.7 Å². The van der Waals surface area contributed by atoms with Crippen LogP contribution in [0.5, 0.6) is 0 Å². The van der Waals surface area contributed by atoms with E-state index >= 15 is 0 Å². The molecule has 0 bridgehead atoms. The van der Waals surface area contributed by atoms with Crippen molar-refractivity contribution in [1.82, 2.24) is 10.2 Å². The number of rotatable bonds is 13. The van der Waals surface area contributed by atoms with Crippen LogP contribution in [0.1, 0.15) is 43.0 Å². The van der Waals surface area contributed by atoms with E-state index in [1.54, 1.807) is 12.1 Å². The molecule has 40 heavy (non-hydrogen) atoms. The number of hydrogen-bond donors (Lipinski definition) is 1. The Hall–Kier alpha value is -3.65. The minimum Gasteiger partial charge on any atom is -0.354 e. The van der Waals surface area contributed by atoms with Gasteiger partial charge in [-0.05, 0) is 42.0 Å². The van der Waals surface area contributed by atoms with Gasteiger partial charge in [0.2, 0.25) is 21.8 Å². The Kier molecular flexibility index (Phi) is 10.9. The first kappa shape index (κ1) is 30.9.